The normalized spacial score (nSPS) is 20.2. The molecule has 1 aromatic heterocycles. The van der Waals surface area contributed by atoms with Crippen LogP contribution >= 0.6 is 0 Å². The second-order valence-corrected chi connectivity index (χ2v) is 9.48. The first-order chi connectivity index (χ1) is 17.9. The Morgan fingerprint density at radius 2 is 2.03 bits per heavy atom. The van der Waals surface area contributed by atoms with Crippen molar-refractivity contribution in [2.75, 3.05) is 34.3 Å². The molecule has 1 aliphatic carbocycles. The van der Waals surface area contributed by atoms with E-state index in [0.29, 0.717) is 40.4 Å². The van der Waals surface area contributed by atoms with Crippen LogP contribution in [0.2, 0.25) is 0 Å². The lowest BCUT2D eigenvalue weighted by molar-refractivity contribution is -0.119. The van der Waals surface area contributed by atoms with Gasteiger partial charge in [0.05, 0.1) is 12.6 Å². The molecule has 2 heterocycles. The minimum Gasteiger partial charge on any atom is -0.495 e. The molecule has 2 fully saturated rings. The van der Waals surface area contributed by atoms with Crippen LogP contribution < -0.4 is 26.3 Å². The average molecular weight is 502 g/mol. The molecule has 1 aliphatic heterocycles. The summed E-state index contributed by atoms with van der Waals surface area (Å²) in [4.78, 5) is 31.8. The number of pyridine rings is 1. The summed E-state index contributed by atoms with van der Waals surface area (Å²) >= 11 is 0. The van der Waals surface area contributed by atoms with E-state index in [1.807, 2.05) is 55.4 Å². The van der Waals surface area contributed by atoms with Gasteiger partial charge >= 0.3 is 0 Å². The summed E-state index contributed by atoms with van der Waals surface area (Å²) in [6, 6.07) is 16.1. The van der Waals surface area contributed by atoms with Crippen LogP contribution in [0.25, 0.3) is 17.0 Å². The summed E-state index contributed by atoms with van der Waals surface area (Å²) in [6.07, 6.45) is 4.28. The fraction of sp³-hybridized carbons (Fsp3) is 0.296. The van der Waals surface area contributed by atoms with Crippen LogP contribution in [0.1, 0.15) is 33.8 Å². The van der Waals surface area contributed by atoms with Crippen LogP contribution in [0.5, 0.6) is 5.75 Å². The number of hydrogen-bond acceptors (Lipinski definition) is 8. The third-order valence-corrected chi connectivity index (χ3v) is 6.45. The van der Waals surface area contributed by atoms with Crippen LogP contribution in [0.15, 0.2) is 60.4 Å². The summed E-state index contributed by atoms with van der Waals surface area (Å²) in [5.41, 5.74) is 12.7. The van der Waals surface area contributed by atoms with E-state index in [9.17, 15) is 9.59 Å². The van der Waals surface area contributed by atoms with Crippen molar-refractivity contribution in [3.05, 3.63) is 77.1 Å². The molecule has 0 radical (unpaired) electrons. The van der Waals surface area contributed by atoms with Crippen LogP contribution in [-0.4, -0.2) is 67.3 Å². The molecule has 0 bridgehead atoms. The number of hydrogen-bond donors (Lipinski definition) is 4. The number of nitrogens with one attached hydrogen (secondary N) is 4. The van der Waals surface area contributed by atoms with Gasteiger partial charge in [0.2, 0.25) is 0 Å². The van der Waals surface area contributed by atoms with E-state index in [1.165, 1.54) is 24.1 Å². The Balaban J connectivity index is 1.30. The minimum atomic E-state index is -0.247. The van der Waals surface area contributed by atoms with Crippen molar-refractivity contribution in [1.29, 1.82) is 0 Å². The Hall–Kier alpha value is -3.99. The van der Waals surface area contributed by atoms with E-state index in [-0.39, 0.29) is 17.9 Å². The molecule has 10 nitrogen and oxygen atoms in total. The van der Waals surface area contributed by atoms with Crippen molar-refractivity contribution >= 4 is 28.8 Å². The van der Waals surface area contributed by atoms with Gasteiger partial charge in [-0.2, -0.15) is 0 Å². The molecule has 0 unspecified atom stereocenters. The number of hydrazine groups is 3. The first kappa shape index (κ1) is 24.7. The smallest absolute Gasteiger partial charge is 0.285 e. The molecule has 1 saturated heterocycles. The monoisotopic (exact) mass is 501 g/mol. The van der Waals surface area contributed by atoms with Gasteiger partial charge in [-0.25, -0.2) is 5.43 Å². The first-order valence-electron chi connectivity index (χ1n) is 12.2. The molecule has 10 heteroatoms. The van der Waals surface area contributed by atoms with Crippen molar-refractivity contribution < 1.29 is 14.3 Å². The van der Waals surface area contributed by atoms with Crippen molar-refractivity contribution in [3.63, 3.8) is 0 Å². The van der Waals surface area contributed by atoms with Crippen LogP contribution in [-0.2, 0) is 4.79 Å². The Kier molecular flexibility index (Phi) is 7.04. The van der Waals surface area contributed by atoms with Gasteiger partial charge < -0.3 is 15.0 Å². The average Bonchev–Trinajstić information content (AvgIpc) is 3.58. The van der Waals surface area contributed by atoms with Gasteiger partial charge in [-0.05, 0) is 49.9 Å². The van der Waals surface area contributed by atoms with E-state index in [0.717, 1.165) is 18.5 Å². The number of benzene rings is 2. The zero-order valence-electron chi connectivity index (χ0n) is 21.1. The highest BCUT2D eigenvalue weighted by atomic mass is 16.5. The van der Waals surface area contributed by atoms with Crippen molar-refractivity contribution in [3.8, 4) is 5.75 Å². The topological polar surface area (TPSA) is 111 Å². The molecule has 3 aromatic rings. The number of methoxy groups -OCH3 is 1. The molecule has 4 N–H and O–H groups in total. The van der Waals surface area contributed by atoms with Gasteiger partial charge in [0.15, 0.2) is 0 Å². The number of fused-ring (bicyclic) bond motifs is 1. The van der Waals surface area contributed by atoms with E-state index in [1.54, 1.807) is 6.08 Å². The Bertz CT molecular complexity index is 1340. The van der Waals surface area contributed by atoms with Crippen molar-refractivity contribution in [2.24, 2.45) is 0 Å². The molecular formula is C27H31N7O3. The summed E-state index contributed by atoms with van der Waals surface area (Å²) in [7, 11) is 5.43. The van der Waals surface area contributed by atoms with E-state index in [4.69, 9.17) is 4.74 Å². The maximum absolute atomic E-state index is 12.8. The molecule has 192 valence electrons. The van der Waals surface area contributed by atoms with Crippen LogP contribution in [0, 0.1) is 0 Å². The predicted molar refractivity (Wildman–Crippen MR) is 141 cm³/mol. The second-order valence-electron chi connectivity index (χ2n) is 9.48. The lowest BCUT2D eigenvalue weighted by atomic mass is 10.1. The molecule has 2 aromatic carbocycles. The van der Waals surface area contributed by atoms with E-state index in [2.05, 4.69) is 38.7 Å². The van der Waals surface area contributed by atoms with Crippen LogP contribution in [0.4, 0.5) is 0 Å². The van der Waals surface area contributed by atoms with Crippen LogP contribution in [0.3, 0.4) is 0 Å². The molecule has 2 atom stereocenters. The largest absolute Gasteiger partial charge is 0.495 e. The van der Waals surface area contributed by atoms with Gasteiger partial charge in [-0.3, -0.25) is 25.4 Å². The fourth-order valence-corrected chi connectivity index (χ4v) is 4.41. The zero-order valence-corrected chi connectivity index (χ0v) is 21.1. The molecular weight excluding hydrogens is 470 g/mol. The summed E-state index contributed by atoms with van der Waals surface area (Å²) in [6.45, 7) is 1.23. The number of ether oxygens (including phenoxy) is 1. The van der Waals surface area contributed by atoms with Gasteiger partial charge in [0.25, 0.3) is 11.8 Å². The number of aromatic nitrogens is 1. The minimum absolute atomic E-state index is 0.243. The third kappa shape index (κ3) is 5.56. The highest BCUT2D eigenvalue weighted by molar-refractivity contribution is 6.03. The fourth-order valence-electron chi connectivity index (χ4n) is 4.41. The molecule has 5 rings (SSSR count). The Morgan fingerprint density at radius 1 is 1.22 bits per heavy atom. The van der Waals surface area contributed by atoms with Gasteiger partial charge in [0.1, 0.15) is 17.0 Å². The summed E-state index contributed by atoms with van der Waals surface area (Å²) in [5, 5.41) is 5.10. The maximum atomic E-state index is 12.8. The SMILES string of the molecule is COc1c(C(=O)NCCN(C)C)cnc2ccc(/C=C3\NN(N[C@@H]4C[C@H]4c4ccccc4)NC3=O)cc12. The molecule has 1 saturated carbocycles. The van der Waals surface area contributed by atoms with Gasteiger partial charge in [-0.15, -0.1) is 0 Å². The number of likely N-dealkylation sites (N-methyl/N-ethyl adjacent to an activating group) is 1. The number of carbonyl (C=O) groups excluding carboxylic acids is 2. The van der Waals surface area contributed by atoms with E-state index < -0.39 is 0 Å². The van der Waals surface area contributed by atoms with Crippen molar-refractivity contribution in [2.45, 2.75) is 18.4 Å². The third-order valence-electron chi connectivity index (χ3n) is 6.45. The quantitative estimate of drug-likeness (QED) is 0.329. The highest BCUT2D eigenvalue weighted by Gasteiger charge is 2.41. The number of nitrogens with zero attached hydrogens (tertiary/aromatic N) is 3. The predicted octanol–water partition coefficient (Wildman–Crippen LogP) is 1.79. The van der Waals surface area contributed by atoms with Gasteiger partial charge in [-0.1, -0.05) is 41.6 Å². The zero-order chi connectivity index (χ0) is 25.9. The molecule has 2 amide bonds. The number of amides is 2. The highest BCUT2D eigenvalue weighted by Crippen LogP contribution is 2.40. The summed E-state index contributed by atoms with van der Waals surface area (Å²) in [5.74, 6) is 0.371. The second kappa shape index (κ2) is 10.6. The van der Waals surface area contributed by atoms with E-state index >= 15 is 0 Å². The Morgan fingerprint density at radius 3 is 2.78 bits per heavy atom. The molecule has 0 spiro atoms. The maximum Gasteiger partial charge on any atom is 0.285 e. The van der Waals surface area contributed by atoms with Crippen molar-refractivity contribution in [1.82, 2.24) is 36.7 Å². The van der Waals surface area contributed by atoms with Gasteiger partial charge in [0, 0.05) is 36.6 Å². The molecule has 2 aliphatic rings. The molecule has 37 heavy (non-hydrogen) atoms. The first-order valence-corrected chi connectivity index (χ1v) is 12.2. The Labute approximate surface area is 215 Å². The lowest BCUT2D eigenvalue weighted by Gasteiger charge is -2.16. The lowest BCUT2D eigenvalue weighted by Crippen LogP contribution is -2.50. The summed E-state index contributed by atoms with van der Waals surface area (Å²) < 4.78 is 5.62. The standard InChI is InChI=1S/C27H31N7O3/c1-33(2)12-11-28-26(35)21-16-29-22-10-9-17(13-20(22)25(21)37-3)14-24-27(36)32-34(31-24)30-23-15-19(23)18-7-5-4-6-8-18/h4-10,13-14,16,19,23,30-31H,11-12,15H2,1-3H3,(H,28,35)(H,32,36)/b24-14-/t19-,23+/m0/s1. The number of carbonyl (C=O) groups is 2. The number of rotatable bonds is 9.